The number of methoxy groups -OCH3 is 1. The first-order chi connectivity index (χ1) is 17.7. The van der Waals surface area contributed by atoms with Crippen molar-refractivity contribution >= 4 is 23.5 Å². The summed E-state index contributed by atoms with van der Waals surface area (Å²) in [6.45, 7) is 1.47. The van der Waals surface area contributed by atoms with Crippen molar-refractivity contribution in [3.63, 3.8) is 0 Å². The standard InChI is InChI=1S/C21H18ClF2N9O4/c1-9(26-21(35)29-28-20(34)15-7-16(36-3)31-37-15)18-14(24)4-10(8-25-18)12-5-11(22)6-13(23)17(12)19-27-32-33(2)30-19/h4-9H,1-3H3,(H,28,34)(H2,26,29,35). The number of ether oxygens (including phenoxy) is 1. The van der Waals surface area contributed by atoms with Gasteiger partial charge in [0.25, 0.3) is 5.88 Å². The zero-order valence-corrected chi connectivity index (χ0v) is 20.2. The van der Waals surface area contributed by atoms with Gasteiger partial charge in [0.1, 0.15) is 11.6 Å². The van der Waals surface area contributed by atoms with E-state index in [1.54, 1.807) is 0 Å². The molecule has 0 spiro atoms. The third kappa shape index (κ3) is 5.61. The lowest BCUT2D eigenvalue weighted by atomic mass is 9.99. The quantitative estimate of drug-likeness (QED) is 0.316. The van der Waals surface area contributed by atoms with Crippen LogP contribution in [-0.4, -0.2) is 49.4 Å². The highest BCUT2D eigenvalue weighted by atomic mass is 35.5. The maximum absolute atomic E-state index is 15.0. The molecule has 0 fully saturated rings. The van der Waals surface area contributed by atoms with E-state index in [1.165, 1.54) is 39.4 Å². The molecule has 16 heteroatoms. The van der Waals surface area contributed by atoms with Crippen LogP contribution in [0.3, 0.4) is 0 Å². The summed E-state index contributed by atoms with van der Waals surface area (Å²) in [7, 11) is 2.86. The summed E-state index contributed by atoms with van der Waals surface area (Å²) in [6.07, 6.45) is 1.29. The summed E-state index contributed by atoms with van der Waals surface area (Å²) in [5.41, 5.74) is 4.44. The van der Waals surface area contributed by atoms with Crippen molar-refractivity contribution in [2.45, 2.75) is 13.0 Å². The maximum atomic E-state index is 15.0. The van der Waals surface area contributed by atoms with E-state index >= 15 is 4.39 Å². The van der Waals surface area contributed by atoms with E-state index in [1.807, 2.05) is 0 Å². The number of nitrogens with zero attached hydrogens (tertiary/aromatic N) is 6. The Bertz CT molecular complexity index is 1480. The second-order valence-corrected chi connectivity index (χ2v) is 7.95. The third-order valence-electron chi connectivity index (χ3n) is 4.94. The van der Waals surface area contributed by atoms with Gasteiger partial charge in [-0.1, -0.05) is 11.6 Å². The molecule has 37 heavy (non-hydrogen) atoms. The largest absolute Gasteiger partial charge is 0.479 e. The third-order valence-corrected chi connectivity index (χ3v) is 5.15. The molecular weight excluding hydrogens is 516 g/mol. The van der Waals surface area contributed by atoms with Gasteiger partial charge in [0, 0.05) is 16.8 Å². The number of urea groups is 1. The molecule has 3 aromatic heterocycles. The van der Waals surface area contributed by atoms with Crippen LogP contribution in [0.5, 0.6) is 5.88 Å². The Morgan fingerprint density at radius 1 is 1.16 bits per heavy atom. The predicted molar refractivity (Wildman–Crippen MR) is 123 cm³/mol. The van der Waals surface area contributed by atoms with Gasteiger partial charge in [0.15, 0.2) is 0 Å². The first-order valence-electron chi connectivity index (χ1n) is 10.4. The van der Waals surface area contributed by atoms with Crippen molar-refractivity contribution in [2.24, 2.45) is 7.05 Å². The monoisotopic (exact) mass is 533 g/mol. The van der Waals surface area contributed by atoms with Gasteiger partial charge in [0.2, 0.25) is 11.6 Å². The minimum atomic E-state index is -0.923. The average molecular weight is 534 g/mol. The van der Waals surface area contributed by atoms with Gasteiger partial charge in [-0.3, -0.25) is 15.2 Å². The maximum Gasteiger partial charge on any atom is 0.334 e. The number of carbonyl (C=O) groups excluding carboxylic acids is 2. The molecule has 192 valence electrons. The van der Waals surface area contributed by atoms with Gasteiger partial charge in [-0.25, -0.2) is 19.0 Å². The molecule has 0 bridgehead atoms. The number of hydrogen-bond donors (Lipinski definition) is 3. The van der Waals surface area contributed by atoms with Crippen molar-refractivity contribution in [2.75, 3.05) is 7.11 Å². The van der Waals surface area contributed by atoms with Crippen LogP contribution in [0.2, 0.25) is 5.02 Å². The van der Waals surface area contributed by atoms with E-state index in [4.69, 9.17) is 20.9 Å². The van der Waals surface area contributed by atoms with Gasteiger partial charge >= 0.3 is 11.9 Å². The smallest absolute Gasteiger partial charge is 0.334 e. The first-order valence-corrected chi connectivity index (χ1v) is 10.8. The number of amides is 3. The Labute approximate surface area is 212 Å². The highest BCUT2D eigenvalue weighted by molar-refractivity contribution is 6.31. The van der Waals surface area contributed by atoms with Crippen LogP contribution in [0.4, 0.5) is 13.6 Å². The number of pyridine rings is 1. The van der Waals surface area contributed by atoms with Gasteiger partial charge in [0.05, 0.1) is 37.5 Å². The van der Waals surface area contributed by atoms with Crippen molar-refractivity contribution in [3.8, 4) is 28.4 Å². The fraction of sp³-hybridized carbons (Fsp3) is 0.190. The fourth-order valence-electron chi connectivity index (χ4n) is 3.27. The molecule has 0 aliphatic rings. The number of nitrogens with one attached hydrogen (secondary N) is 3. The van der Waals surface area contributed by atoms with E-state index in [2.05, 4.69) is 41.7 Å². The van der Waals surface area contributed by atoms with Crippen molar-refractivity contribution in [1.29, 1.82) is 0 Å². The normalized spacial score (nSPS) is 11.6. The minimum Gasteiger partial charge on any atom is -0.479 e. The zero-order chi connectivity index (χ0) is 26.7. The molecular formula is C21H18ClF2N9O4. The van der Waals surface area contributed by atoms with Crippen LogP contribution < -0.4 is 20.9 Å². The fourth-order valence-corrected chi connectivity index (χ4v) is 3.47. The summed E-state index contributed by atoms with van der Waals surface area (Å²) in [4.78, 5) is 29.4. The van der Waals surface area contributed by atoms with E-state index in [9.17, 15) is 14.0 Å². The van der Waals surface area contributed by atoms with Crippen molar-refractivity contribution in [3.05, 3.63) is 58.6 Å². The van der Waals surface area contributed by atoms with Crippen molar-refractivity contribution < 1.29 is 27.6 Å². The molecule has 0 saturated heterocycles. The molecule has 1 aromatic carbocycles. The first kappa shape index (κ1) is 25.4. The Hall–Kier alpha value is -4.66. The highest BCUT2D eigenvalue weighted by Crippen LogP contribution is 2.35. The van der Waals surface area contributed by atoms with Gasteiger partial charge in [-0.15, -0.1) is 10.2 Å². The van der Waals surface area contributed by atoms with Gasteiger partial charge in [-0.2, -0.15) is 4.80 Å². The lowest BCUT2D eigenvalue weighted by Gasteiger charge is -2.16. The number of halogens is 3. The number of tetrazole rings is 1. The van der Waals surface area contributed by atoms with Gasteiger partial charge in [-0.05, 0) is 41.1 Å². The Morgan fingerprint density at radius 3 is 2.59 bits per heavy atom. The number of hydrazine groups is 1. The Morgan fingerprint density at radius 2 is 1.95 bits per heavy atom. The molecule has 3 N–H and O–H groups in total. The van der Waals surface area contributed by atoms with E-state index < -0.39 is 29.6 Å². The molecule has 0 aliphatic carbocycles. The molecule has 3 heterocycles. The van der Waals surface area contributed by atoms with E-state index in [0.717, 1.165) is 16.9 Å². The summed E-state index contributed by atoms with van der Waals surface area (Å²) >= 11 is 6.03. The summed E-state index contributed by atoms with van der Waals surface area (Å²) in [5.74, 6) is -2.46. The molecule has 0 saturated carbocycles. The molecule has 3 amide bonds. The summed E-state index contributed by atoms with van der Waals surface area (Å²) < 4.78 is 39.4. The number of aryl methyl sites for hydroxylation is 1. The number of hydrogen-bond acceptors (Lipinski definition) is 9. The Balaban J connectivity index is 1.48. The van der Waals surface area contributed by atoms with Gasteiger partial charge < -0.3 is 14.6 Å². The van der Waals surface area contributed by atoms with Crippen LogP contribution in [0.1, 0.15) is 29.2 Å². The van der Waals surface area contributed by atoms with E-state index in [-0.39, 0.29) is 44.9 Å². The predicted octanol–water partition coefficient (Wildman–Crippen LogP) is 2.57. The number of benzene rings is 1. The minimum absolute atomic E-state index is 0.0197. The van der Waals surface area contributed by atoms with Crippen LogP contribution in [-0.2, 0) is 7.05 Å². The topological polar surface area (TPSA) is 162 Å². The zero-order valence-electron chi connectivity index (χ0n) is 19.4. The number of rotatable bonds is 6. The van der Waals surface area contributed by atoms with Crippen LogP contribution >= 0.6 is 11.6 Å². The van der Waals surface area contributed by atoms with Crippen LogP contribution in [0, 0.1) is 11.6 Å². The average Bonchev–Trinajstić information content (AvgIpc) is 3.51. The summed E-state index contributed by atoms with van der Waals surface area (Å²) in [5, 5.41) is 17.5. The van der Waals surface area contributed by atoms with Crippen LogP contribution in [0.15, 0.2) is 35.0 Å². The molecule has 1 unspecified atom stereocenters. The lowest BCUT2D eigenvalue weighted by molar-refractivity contribution is 0.0898. The number of carbonyl (C=O) groups is 2. The van der Waals surface area contributed by atoms with E-state index in [0.29, 0.717) is 0 Å². The second kappa shape index (κ2) is 10.5. The molecule has 0 aliphatic heterocycles. The molecule has 4 aromatic rings. The number of aromatic nitrogens is 6. The van der Waals surface area contributed by atoms with Crippen LogP contribution in [0.25, 0.3) is 22.5 Å². The molecule has 13 nitrogen and oxygen atoms in total. The molecule has 0 radical (unpaired) electrons. The second-order valence-electron chi connectivity index (χ2n) is 7.51. The molecule has 4 rings (SSSR count). The Kier molecular flexibility index (Phi) is 7.24. The van der Waals surface area contributed by atoms with Crippen molar-refractivity contribution in [1.82, 2.24) is 46.5 Å². The highest BCUT2D eigenvalue weighted by Gasteiger charge is 2.22. The SMILES string of the molecule is COc1cc(C(=O)NNC(=O)NC(C)c2ncc(-c3cc(Cl)cc(F)c3-c3nnn(C)n3)cc2F)on1. The summed E-state index contributed by atoms with van der Waals surface area (Å²) in [6, 6.07) is 3.06. The lowest BCUT2D eigenvalue weighted by Crippen LogP contribution is -2.47. The molecule has 1 atom stereocenters.